The number of sulfonamides is 1. The highest BCUT2D eigenvalue weighted by Gasteiger charge is 2.36. The van der Waals surface area contributed by atoms with E-state index in [1.165, 1.54) is 0 Å². The maximum Gasteiger partial charge on any atom is 0.249 e. The quantitative estimate of drug-likeness (QED) is 0.336. The van der Waals surface area contributed by atoms with Crippen molar-refractivity contribution < 1.29 is 27.6 Å². The number of aryl methyl sites for hydroxylation is 1. The summed E-state index contributed by atoms with van der Waals surface area (Å²) in [5.74, 6) is -2.65. The number of hydrogen-bond acceptors (Lipinski definition) is 6. The zero-order valence-corrected chi connectivity index (χ0v) is 24.5. The molecule has 1 aliphatic heterocycles. The number of hydroxylamine groups is 1. The second-order valence-corrected chi connectivity index (χ2v) is 12.4. The van der Waals surface area contributed by atoms with E-state index in [-0.39, 0.29) is 12.3 Å². The van der Waals surface area contributed by atoms with Crippen molar-refractivity contribution >= 4 is 33.6 Å². The average Bonchev–Trinajstić information content (AvgIpc) is 2.92. The highest BCUT2D eigenvalue weighted by molar-refractivity contribution is 7.92. The van der Waals surface area contributed by atoms with E-state index in [0.717, 1.165) is 29.1 Å². The van der Waals surface area contributed by atoms with Crippen LogP contribution in [0.1, 0.15) is 57.1 Å². The zero-order chi connectivity index (χ0) is 29.1. The lowest BCUT2D eigenvalue weighted by Crippen LogP contribution is -2.51. The minimum absolute atomic E-state index is 0.0527. The number of amides is 2. The third-order valence-corrected chi connectivity index (χ3v) is 7.64. The first-order chi connectivity index (χ1) is 19.1. The molecule has 2 N–H and O–H groups in total. The number of allylic oxidation sites excluding steroid dienone is 1. The summed E-state index contributed by atoms with van der Waals surface area (Å²) < 4.78 is 32.0. The standard InChI is InChI=1S/C30H41N3O6S/c1-22(2)21-26(29(34)31-33(40(4,36)37)27-18-9-8-13-23(27)3)25(17-12-16-24-14-6-5-7-15-24)30(35)32-39-28-19-10-11-20-38-28/h5-9,12-16,18,22,25-26,28H,10-11,17,19-21H2,1-4H3,(H,31,34)(H,32,35)/b16-12+/t25-,26+,28?/m0/s1. The number of rotatable bonds is 13. The number of nitrogens with zero attached hydrogens (tertiary/aromatic N) is 1. The number of benzene rings is 2. The van der Waals surface area contributed by atoms with Crippen LogP contribution in [0.3, 0.4) is 0 Å². The lowest BCUT2D eigenvalue weighted by Gasteiger charge is -2.31. The Kier molecular flexibility index (Phi) is 11.7. The zero-order valence-electron chi connectivity index (χ0n) is 23.7. The van der Waals surface area contributed by atoms with E-state index in [1.54, 1.807) is 31.2 Å². The summed E-state index contributed by atoms with van der Waals surface area (Å²) in [5.41, 5.74) is 7.10. The third-order valence-electron chi connectivity index (χ3n) is 6.69. The van der Waals surface area contributed by atoms with Crippen molar-refractivity contribution in [3.05, 3.63) is 71.8 Å². The van der Waals surface area contributed by atoms with E-state index in [0.29, 0.717) is 30.7 Å². The normalized spacial score (nSPS) is 17.4. The van der Waals surface area contributed by atoms with Crippen LogP contribution in [-0.4, -0.2) is 39.4 Å². The summed E-state index contributed by atoms with van der Waals surface area (Å²) in [6.45, 7) is 6.23. The van der Waals surface area contributed by atoms with Gasteiger partial charge in [-0.3, -0.25) is 15.0 Å². The van der Waals surface area contributed by atoms with Gasteiger partial charge in [0, 0.05) is 13.0 Å². The van der Waals surface area contributed by atoms with E-state index < -0.39 is 40.0 Å². The molecule has 2 aromatic rings. The topological polar surface area (TPSA) is 114 Å². The fourth-order valence-corrected chi connectivity index (χ4v) is 5.45. The van der Waals surface area contributed by atoms with E-state index in [2.05, 4.69) is 10.9 Å². The Hall–Kier alpha value is -3.21. The van der Waals surface area contributed by atoms with Gasteiger partial charge >= 0.3 is 0 Å². The van der Waals surface area contributed by atoms with Crippen LogP contribution in [0.15, 0.2) is 60.7 Å². The van der Waals surface area contributed by atoms with Gasteiger partial charge in [-0.1, -0.05) is 74.5 Å². The predicted molar refractivity (Wildman–Crippen MR) is 156 cm³/mol. The Morgan fingerprint density at radius 2 is 1.75 bits per heavy atom. The van der Waals surface area contributed by atoms with Crippen molar-refractivity contribution in [2.75, 3.05) is 17.3 Å². The molecule has 218 valence electrons. The highest BCUT2D eigenvalue weighted by atomic mass is 32.2. The first-order valence-corrected chi connectivity index (χ1v) is 15.6. The van der Waals surface area contributed by atoms with Crippen LogP contribution in [0.5, 0.6) is 0 Å². The Morgan fingerprint density at radius 1 is 1.05 bits per heavy atom. The first-order valence-electron chi connectivity index (χ1n) is 13.7. The summed E-state index contributed by atoms with van der Waals surface area (Å²) in [6.07, 6.45) is 7.36. The SMILES string of the molecule is Cc1ccccc1N(NC(=O)[C@H](CC(C)C)[C@H](C/C=C/c1ccccc1)C(=O)NOC1CCCCO1)S(C)(=O)=O. The number of anilines is 1. The van der Waals surface area contributed by atoms with Crippen molar-refractivity contribution in [1.82, 2.24) is 10.9 Å². The minimum Gasteiger partial charge on any atom is -0.350 e. The number of para-hydroxylation sites is 1. The van der Waals surface area contributed by atoms with Crippen LogP contribution < -0.4 is 15.3 Å². The van der Waals surface area contributed by atoms with Crippen LogP contribution in [-0.2, 0) is 29.2 Å². The Bertz CT molecular complexity index is 1240. The minimum atomic E-state index is -3.88. The monoisotopic (exact) mass is 571 g/mol. The van der Waals surface area contributed by atoms with Gasteiger partial charge < -0.3 is 4.74 Å². The fourth-order valence-electron chi connectivity index (χ4n) is 4.63. The molecule has 40 heavy (non-hydrogen) atoms. The molecule has 10 heteroatoms. The lowest BCUT2D eigenvalue weighted by molar-refractivity contribution is -0.203. The molecule has 0 aliphatic carbocycles. The average molecular weight is 572 g/mol. The van der Waals surface area contributed by atoms with Crippen molar-refractivity contribution in [2.45, 2.75) is 59.2 Å². The highest BCUT2D eigenvalue weighted by Crippen LogP contribution is 2.27. The van der Waals surface area contributed by atoms with Gasteiger partial charge in [-0.25, -0.2) is 18.7 Å². The molecule has 0 saturated carbocycles. The summed E-state index contributed by atoms with van der Waals surface area (Å²) in [7, 11) is -3.88. The maximum atomic E-state index is 13.8. The molecule has 1 fully saturated rings. The molecule has 3 atom stereocenters. The smallest absolute Gasteiger partial charge is 0.249 e. The van der Waals surface area contributed by atoms with Gasteiger partial charge in [0.25, 0.3) is 0 Å². The van der Waals surface area contributed by atoms with Crippen LogP contribution >= 0.6 is 0 Å². The second-order valence-electron chi connectivity index (χ2n) is 10.6. The van der Waals surface area contributed by atoms with E-state index >= 15 is 0 Å². The first kappa shape index (κ1) is 31.3. The van der Waals surface area contributed by atoms with E-state index in [1.807, 2.05) is 56.3 Å². The van der Waals surface area contributed by atoms with Gasteiger partial charge in [0.1, 0.15) is 0 Å². The van der Waals surface area contributed by atoms with Crippen LogP contribution in [0.4, 0.5) is 5.69 Å². The molecule has 9 nitrogen and oxygen atoms in total. The lowest BCUT2D eigenvalue weighted by atomic mass is 9.82. The summed E-state index contributed by atoms with van der Waals surface area (Å²) in [5, 5.41) is 0. The van der Waals surface area contributed by atoms with Crippen molar-refractivity contribution in [3.63, 3.8) is 0 Å². The summed E-state index contributed by atoms with van der Waals surface area (Å²) >= 11 is 0. The Morgan fingerprint density at radius 3 is 2.38 bits per heavy atom. The van der Waals surface area contributed by atoms with Crippen LogP contribution in [0.2, 0.25) is 0 Å². The molecule has 1 unspecified atom stereocenters. The second kappa shape index (κ2) is 15.0. The van der Waals surface area contributed by atoms with Crippen molar-refractivity contribution in [1.29, 1.82) is 0 Å². The van der Waals surface area contributed by atoms with E-state index in [9.17, 15) is 18.0 Å². The van der Waals surface area contributed by atoms with Gasteiger partial charge in [0.05, 0.1) is 23.8 Å². The molecule has 0 radical (unpaired) electrons. The van der Waals surface area contributed by atoms with Crippen molar-refractivity contribution in [2.24, 2.45) is 17.8 Å². The van der Waals surface area contributed by atoms with Crippen LogP contribution in [0.25, 0.3) is 6.08 Å². The van der Waals surface area contributed by atoms with Gasteiger partial charge in [-0.05, 0) is 55.7 Å². The largest absolute Gasteiger partial charge is 0.350 e. The number of hydrogen-bond donors (Lipinski definition) is 2. The van der Waals surface area contributed by atoms with Gasteiger partial charge in [0.15, 0.2) is 6.29 Å². The number of carbonyl (C=O) groups is 2. The third kappa shape index (κ3) is 9.46. The molecule has 1 aliphatic rings. The molecular formula is C30H41N3O6S. The molecule has 0 spiro atoms. The van der Waals surface area contributed by atoms with E-state index in [4.69, 9.17) is 9.57 Å². The molecule has 2 aromatic carbocycles. The Labute approximate surface area is 237 Å². The molecule has 1 saturated heterocycles. The number of ether oxygens (including phenoxy) is 1. The molecule has 0 bridgehead atoms. The molecule has 1 heterocycles. The van der Waals surface area contributed by atoms with Gasteiger partial charge in [-0.15, -0.1) is 0 Å². The molecule has 0 aromatic heterocycles. The number of hydrazine groups is 1. The van der Waals surface area contributed by atoms with Gasteiger partial charge in [-0.2, -0.15) is 4.41 Å². The molecular weight excluding hydrogens is 530 g/mol. The number of nitrogens with one attached hydrogen (secondary N) is 2. The fraction of sp³-hybridized carbons (Fsp3) is 0.467. The maximum absolute atomic E-state index is 13.8. The van der Waals surface area contributed by atoms with Crippen molar-refractivity contribution in [3.8, 4) is 0 Å². The molecule has 3 rings (SSSR count). The molecule has 2 amide bonds. The predicted octanol–water partition coefficient (Wildman–Crippen LogP) is 4.75. The van der Waals surface area contributed by atoms with Gasteiger partial charge in [0.2, 0.25) is 21.8 Å². The summed E-state index contributed by atoms with van der Waals surface area (Å²) in [6, 6.07) is 16.5. The number of carbonyl (C=O) groups excluding carboxylic acids is 2. The van der Waals surface area contributed by atoms with Crippen LogP contribution in [0, 0.1) is 24.7 Å². The summed E-state index contributed by atoms with van der Waals surface area (Å²) in [4.78, 5) is 32.9. The Balaban J connectivity index is 1.89.